The second-order valence-corrected chi connectivity index (χ2v) is 9.16. The van der Waals surface area contributed by atoms with Crippen molar-refractivity contribution in [3.63, 3.8) is 0 Å². The summed E-state index contributed by atoms with van der Waals surface area (Å²) in [7, 11) is 1.50. The van der Waals surface area contributed by atoms with Gasteiger partial charge in [0.2, 0.25) is 23.7 Å². The Bertz CT molecular complexity index is 1200. The molecule has 1 aliphatic rings. The van der Waals surface area contributed by atoms with Gasteiger partial charge < -0.3 is 15.4 Å². The number of hydrogen-bond acceptors (Lipinski definition) is 7. The van der Waals surface area contributed by atoms with Crippen molar-refractivity contribution in [2.75, 3.05) is 7.11 Å². The second-order valence-electron chi connectivity index (χ2n) is 9.16. The van der Waals surface area contributed by atoms with Crippen molar-refractivity contribution < 1.29 is 33.1 Å². The molecule has 196 valence electrons. The number of carbonyl (C=O) groups excluding carboxylic acids is 5. The molecule has 2 aromatic rings. The Morgan fingerprint density at radius 3 is 2.27 bits per heavy atom. The number of nitrogens with zero attached hydrogens (tertiary/aromatic N) is 1. The average Bonchev–Trinajstić information content (AvgIpc) is 3.12. The van der Waals surface area contributed by atoms with Gasteiger partial charge in [0.15, 0.2) is 5.78 Å². The zero-order valence-electron chi connectivity index (χ0n) is 20.9. The molecule has 11 heteroatoms. The Morgan fingerprint density at radius 2 is 1.73 bits per heavy atom. The van der Waals surface area contributed by atoms with E-state index in [0.29, 0.717) is 11.3 Å². The van der Waals surface area contributed by atoms with E-state index in [1.54, 1.807) is 38.1 Å². The monoisotopic (exact) mass is 512 g/mol. The Balaban J connectivity index is 1.80. The number of Topliss-reactive ketones (excluding diaryl/α,β-unsaturated/α-hetero) is 1. The minimum atomic E-state index is -1.20. The van der Waals surface area contributed by atoms with Crippen molar-refractivity contribution in [1.29, 1.82) is 0 Å². The summed E-state index contributed by atoms with van der Waals surface area (Å²) in [6, 6.07) is 8.54. The van der Waals surface area contributed by atoms with Gasteiger partial charge in [0.25, 0.3) is 5.91 Å². The van der Waals surface area contributed by atoms with Gasteiger partial charge in [0, 0.05) is 0 Å². The Hall–Kier alpha value is -4.15. The molecule has 1 aromatic carbocycles. The van der Waals surface area contributed by atoms with Gasteiger partial charge in [-0.2, -0.15) is 4.39 Å². The van der Waals surface area contributed by atoms with Crippen LogP contribution in [-0.4, -0.2) is 47.5 Å². The number of nitrogens with one attached hydrogen (secondary N) is 3. The first kappa shape index (κ1) is 27.4. The molecule has 0 aliphatic carbocycles. The predicted octanol–water partition coefficient (Wildman–Crippen LogP) is 1.71. The van der Waals surface area contributed by atoms with Crippen molar-refractivity contribution in [2.24, 2.45) is 17.8 Å². The van der Waals surface area contributed by atoms with Crippen LogP contribution in [0.5, 0.6) is 5.75 Å². The summed E-state index contributed by atoms with van der Waals surface area (Å²) in [5, 5.41) is 7.50. The molecule has 0 radical (unpaired) electrons. The fourth-order valence-corrected chi connectivity index (χ4v) is 4.10. The lowest BCUT2D eigenvalue weighted by molar-refractivity contribution is -0.137. The topological polar surface area (TPSA) is 144 Å². The second kappa shape index (κ2) is 11.7. The number of imide groups is 1. The van der Waals surface area contributed by atoms with E-state index in [4.69, 9.17) is 4.74 Å². The molecule has 4 atom stereocenters. The zero-order chi connectivity index (χ0) is 27.3. The highest BCUT2D eigenvalue weighted by molar-refractivity contribution is 6.16. The van der Waals surface area contributed by atoms with Gasteiger partial charge >= 0.3 is 0 Å². The van der Waals surface area contributed by atoms with Crippen LogP contribution in [0.3, 0.4) is 0 Å². The molecule has 2 heterocycles. The molecule has 37 heavy (non-hydrogen) atoms. The quantitative estimate of drug-likeness (QED) is 0.250. The van der Waals surface area contributed by atoms with Crippen LogP contribution in [0.2, 0.25) is 0 Å². The first-order chi connectivity index (χ1) is 17.5. The SMILES string of the molecule is COc1ccc(C(CC(=O)N[C@H](C(=O)[C@@H]2C(=O)NC(=O)[C@H]2C)C(C)C)NC(=O)c2cccc(F)n2)cc1. The minimum absolute atomic E-state index is 0.167. The van der Waals surface area contributed by atoms with Crippen LogP contribution < -0.4 is 20.7 Å². The summed E-state index contributed by atoms with van der Waals surface area (Å²) in [6.07, 6.45) is -0.269. The van der Waals surface area contributed by atoms with E-state index in [1.165, 1.54) is 26.2 Å². The fourth-order valence-electron chi connectivity index (χ4n) is 4.10. The summed E-state index contributed by atoms with van der Waals surface area (Å²) >= 11 is 0. The third-order valence-corrected chi connectivity index (χ3v) is 6.20. The standard InChI is InChI=1S/C26H29FN4O6/c1-13(2)22(23(33)21-14(3)24(34)31-26(21)36)30-20(32)12-18(15-8-10-16(37-4)11-9-15)29-25(35)17-6-5-7-19(27)28-17/h5-11,13-14,18,21-22H,12H2,1-4H3,(H,29,35)(H,30,32)(H,31,34,36)/t14-,18?,21+,22-/m0/s1. The maximum Gasteiger partial charge on any atom is 0.270 e. The predicted molar refractivity (Wildman–Crippen MR) is 130 cm³/mol. The van der Waals surface area contributed by atoms with Gasteiger partial charge in [0.05, 0.1) is 31.5 Å². The molecule has 1 aliphatic heterocycles. The number of hydrogen-bond donors (Lipinski definition) is 3. The highest BCUT2D eigenvalue weighted by Crippen LogP contribution is 2.24. The molecular formula is C26H29FN4O6. The first-order valence-corrected chi connectivity index (χ1v) is 11.8. The van der Waals surface area contributed by atoms with Crippen LogP contribution in [0, 0.1) is 23.7 Å². The van der Waals surface area contributed by atoms with E-state index in [1.807, 2.05) is 0 Å². The highest BCUT2D eigenvalue weighted by atomic mass is 19.1. The van der Waals surface area contributed by atoms with E-state index in [0.717, 1.165) is 6.07 Å². The third kappa shape index (κ3) is 6.54. The smallest absolute Gasteiger partial charge is 0.270 e. The molecular weight excluding hydrogens is 483 g/mol. The van der Waals surface area contributed by atoms with E-state index in [9.17, 15) is 28.4 Å². The lowest BCUT2D eigenvalue weighted by atomic mass is 9.85. The number of methoxy groups -OCH3 is 1. The van der Waals surface area contributed by atoms with Gasteiger partial charge in [0.1, 0.15) is 17.4 Å². The number of amides is 4. The Kier molecular flexibility index (Phi) is 8.69. The molecule has 1 unspecified atom stereocenters. The van der Waals surface area contributed by atoms with E-state index in [2.05, 4.69) is 20.9 Å². The molecule has 1 aromatic heterocycles. The number of carbonyl (C=O) groups is 5. The molecule has 4 amide bonds. The molecule has 3 rings (SSSR count). The number of benzene rings is 1. The Morgan fingerprint density at radius 1 is 1.05 bits per heavy atom. The molecule has 0 saturated carbocycles. The van der Waals surface area contributed by atoms with Crippen LogP contribution >= 0.6 is 0 Å². The highest BCUT2D eigenvalue weighted by Gasteiger charge is 2.46. The molecule has 0 bridgehead atoms. The van der Waals surface area contributed by atoms with Gasteiger partial charge in [-0.1, -0.05) is 39.0 Å². The minimum Gasteiger partial charge on any atom is -0.497 e. The lowest BCUT2D eigenvalue weighted by Crippen LogP contribution is -2.49. The first-order valence-electron chi connectivity index (χ1n) is 11.8. The number of rotatable bonds is 10. The van der Waals surface area contributed by atoms with E-state index < -0.39 is 59.3 Å². The van der Waals surface area contributed by atoms with Gasteiger partial charge in [-0.05, 0) is 35.7 Å². The lowest BCUT2D eigenvalue weighted by Gasteiger charge is -2.26. The van der Waals surface area contributed by atoms with Crippen molar-refractivity contribution in [3.05, 3.63) is 59.7 Å². The van der Waals surface area contributed by atoms with E-state index >= 15 is 0 Å². The van der Waals surface area contributed by atoms with Crippen LogP contribution in [0.4, 0.5) is 4.39 Å². The average molecular weight is 513 g/mol. The molecule has 3 N–H and O–H groups in total. The maximum absolute atomic E-state index is 13.5. The summed E-state index contributed by atoms with van der Waals surface area (Å²) in [6.45, 7) is 4.90. The molecule has 10 nitrogen and oxygen atoms in total. The van der Waals surface area contributed by atoms with Crippen molar-refractivity contribution in [3.8, 4) is 5.75 Å². The Labute approximate surface area is 213 Å². The third-order valence-electron chi connectivity index (χ3n) is 6.20. The normalized spacial score (nSPS) is 18.6. The van der Waals surface area contributed by atoms with Crippen LogP contribution in [-0.2, 0) is 19.2 Å². The van der Waals surface area contributed by atoms with Crippen LogP contribution in [0.25, 0.3) is 0 Å². The maximum atomic E-state index is 13.5. The number of pyridine rings is 1. The number of halogens is 1. The largest absolute Gasteiger partial charge is 0.497 e. The van der Waals surface area contributed by atoms with Crippen molar-refractivity contribution >= 4 is 29.4 Å². The van der Waals surface area contributed by atoms with Crippen molar-refractivity contribution in [2.45, 2.75) is 39.3 Å². The number of aromatic nitrogens is 1. The van der Waals surface area contributed by atoms with Gasteiger partial charge in [-0.15, -0.1) is 0 Å². The van der Waals surface area contributed by atoms with E-state index in [-0.39, 0.29) is 18.0 Å². The van der Waals surface area contributed by atoms with Crippen molar-refractivity contribution in [1.82, 2.24) is 20.9 Å². The van der Waals surface area contributed by atoms with Gasteiger partial charge in [-0.3, -0.25) is 29.3 Å². The zero-order valence-corrected chi connectivity index (χ0v) is 20.9. The number of ether oxygens (including phenoxy) is 1. The van der Waals surface area contributed by atoms with Crippen LogP contribution in [0.15, 0.2) is 42.5 Å². The molecule has 0 spiro atoms. The summed E-state index contributed by atoms with van der Waals surface area (Å²) in [5.41, 5.74) is 0.391. The summed E-state index contributed by atoms with van der Waals surface area (Å²) in [5.74, 6) is -5.73. The van der Waals surface area contributed by atoms with Gasteiger partial charge in [-0.25, -0.2) is 4.98 Å². The van der Waals surface area contributed by atoms with Crippen LogP contribution in [0.1, 0.15) is 49.3 Å². The summed E-state index contributed by atoms with van der Waals surface area (Å²) < 4.78 is 18.7. The number of ketones is 1. The summed E-state index contributed by atoms with van der Waals surface area (Å²) in [4.78, 5) is 66.6. The molecule has 1 fully saturated rings. The molecule has 1 saturated heterocycles. The fraction of sp³-hybridized carbons (Fsp3) is 0.385.